The standard InChI is InChI=1S/C28H44O5/c1-16(30)24-18(15-29)28(7)22(13-19(24)32)27(6)12-9-20-25(3,4)10-8-11-26(20,5)21(27)14-23(28)33-17(2)31/h15,18-24,32H,8-14H2,1-7H3/t18-,19-,20?,21?,22?,23-,24-,26-,27+,28+/m1/s1. The highest BCUT2D eigenvalue weighted by molar-refractivity contribution is 5.83. The Morgan fingerprint density at radius 3 is 2.12 bits per heavy atom. The number of fused-ring (bicyclic) bond motifs is 5. The van der Waals surface area contributed by atoms with E-state index in [1.807, 2.05) is 0 Å². The maximum Gasteiger partial charge on any atom is 0.302 e. The minimum absolute atomic E-state index is 0.0108. The smallest absolute Gasteiger partial charge is 0.302 e. The van der Waals surface area contributed by atoms with Crippen LogP contribution in [0.25, 0.3) is 0 Å². The molecule has 1 N–H and O–H groups in total. The lowest BCUT2D eigenvalue weighted by Crippen LogP contribution is -2.69. The Labute approximate surface area is 199 Å². The number of Topliss-reactive ketones (excluding diaryl/α,β-unsaturated/α-hetero) is 1. The molecule has 33 heavy (non-hydrogen) atoms. The predicted molar refractivity (Wildman–Crippen MR) is 126 cm³/mol. The fourth-order valence-corrected chi connectivity index (χ4v) is 10.2. The maximum atomic E-state index is 12.6. The Hall–Kier alpha value is -1.23. The number of aliphatic hydroxyl groups excluding tert-OH is 1. The number of aliphatic hydroxyl groups is 1. The molecule has 186 valence electrons. The summed E-state index contributed by atoms with van der Waals surface area (Å²) >= 11 is 0. The number of ketones is 1. The lowest BCUT2D eigenvalue weighted by Gasteiger charge is -2.71. The lowest BCUT2D eigenvalue weighted by molar-refractivity contribution is -0.261. The fraction of sp³-hybridized carbons (Fsp3) is 0.893. The summed E-state index contributed by atoms with van der Waals surface area (Å²) < 4.78 is 6.04. The minimum atomic E-state index is -0.836. The van der Waals surface area contributed by atoms with Crippen LogP contribution in [0.15, 0.2) is 0 Å². The molecule has 0 aromatic rings. The predicted octanol–water partition coefficient (Wildman–Crippen LogP) is 4.98. The number of hydrogen-bond donors (Lipinski definition) is 1. The fourth-order valence-electron chi connectivity index (χ4n) is 10.2. The first-order valence-corrected chi connectivity index (χ1v) is 13.0. The van der Waals surface area contributed by atoms with Gasteiger partial charge in [0.25, 0.3) is 0 Å². The van der Waals surface area contributed by atoms with E-state index in [0.717, 1.165) is 25.5 Å². The molecule has 0 aromatic heterocycles. The summed E-state index contributed by atoms with van der Waals surface area (Å²) in [5, 5.41) is 11.2. The zero-order chi connectivity index (χ0) is 24.6. The lowest BCUT2D eigenvalue weighted by atomic mass is 9.34. The summed E-state index contributed by atoms with van der Waals surface area (Å²) in [6.45, 7) is 14.6. The number of rotatable bonds is 3. The van der Waals surface area contributed by atoms with Gasteiger partial charge in [0, 0.05) is 18.3 Å². The second-order valence-electron chi connectivity index (χ2n) is 13.4. The molecule has 0 aromatic carbocycles. The van der Waals surface area contributed by atoms with E-state index in [9.17, 15) is 19.5 Å². The van der Waals surface area contributed by atoms with Gasteiger partial charge in [-0.25, -0.2) is 0 Å². The van der Waals surface area contributed by atoms with E-state index in [1.165, 1.54) is 33.1 Å². The molecule has 0 heterocycles. The molecule has 4 saturated carbocycles. The van der Waals surface area contributed by atoms with Crippen molar-refractivity contribution in [2.24, 2.45) is 51.2 Å². The van der Waals surface area contributed by atoms with E-state index in [2.05, 4.69) is 34.6 Å². The first kappa shape index (κ1) is 24.9. The van der Waals surface area contributed by atoms with Gasteiger partial charge < -0.3 is 14.6 Å². The molecule has 10 atom stereocenters. The van der Waals surface area contributed by atoms with Crippen molar-refractivity contribution in [2.45, 2.75) is 106 Å². The third kappa shape index (κ3) is 3.38. The molecule has 4 fully saturated rings. The van der Waals surface area contributed by atoms with Gasteiger partial charge in [-0.15, -0.1) is 0 Å². The summed E-state index contributed by atoms with van der Waals surface area (Å²) in [4.78, 5) is 37.4. The van der Waals surface area contributed by atoms with Gasteiger partial charge in [-0.3, -0.25) is 9.59 Å². The SMILES string of the molecule is CC(=O)O[C@@H]1CC2[C@](C)(CCC3C(C)(C)CCC[C@]32C)C2C[C@@H](O)[C@H](C(C)=O)[C@@H](C=O)[C@@]21C. The molecular formula is C28H44O5. The van der Waals surface area contributed by atoms with Crippen molar-refractivity contribution in [1.29, 1.82) is 0 Å². The van der Waals surface area contributed by atoms with E-state index >= 15 is 0 Å². The summed E-state index contributed by atoms with van der Waals surface area (Å²) in [7, 11) is 0. The zero-order valence-corrected chi connectivity index (χ0v) is 21.6. The molecule has 0 bridgehead atoms. The van der Waals surface area contributed by atoms with E-state index in [0.29, 0.717) is 18.3 Å². The molecular weight excluding hydrogens is 416 g/mol. The van der Waals surface area contributed by atoms with Crippen LogP contribution in [-0.4, -0.2) is 35.4 Å². The molecule has 5 nitrogen and oxygen atoms in total. The maximum absolute atomic E-state index is 12.6. The average molecular weight is 461 g/mol. The van der Waals surface area contributed by atoms with Gasteiger partial charge in [0.2, 0.25) is 0 Å². The number of aldehydes is 1. The van der Waals surface area contributed by atoms with Crippen LogP contribution in [-0.2, 0) is 19.1 Å². The Bertz CT molecular complexity index is 834. The van der Waals surface area contributed by atoms with E-state index in [4.69, 9.17) is 4.74 Å². The van der Waals surface area contributed by atoms with Crippen LogP contribution < -0.4 is 0 Å². The van der Waals surface area contributed by atoms with Crippen LogP contribution in [0.1, 0.15) is 93.4 Å². The first-order chi connectivity index (χ1) is 15.2. The summed E-state index contributed by atoms with van der Waals surface area (Å²) in [5.41, 5.74) is -0.327. The molecule has 0 aliphatic heterocycles. The van der Waals surface area contributed by atoms with Gasteiger partial charge in [0.1, 0.15) is 18.2 Å². The van der Waals surface area contributed by atoms with E-state index in [-0.39, 0.29) is 33.9 Å². The number of carbonyl (C=O) groups is 3. The van der Waals surface area contributed by atoms with E-state index < -0.39 is 29.5 Å². The highest BCUT2D eigenvalue weighted by Crippen LogP contribution is 2.73. The highest BCUT2D eigenvalue weighted by Gasteiger charge is 2.71. The molecule has 0 spiro atoms. The van der Waals surface area contributed by atoms with Crippen LogP contribution >= 0.6 is 0 Å². The number of carbonyl (C=O) groups excluding carboxylic acids is 3. The third-order valence-corrected chi connectivity index (χ3v) is 11.5. The Morgan fingerprint density at radius 1 is 0.909 bits per heavy atom. The average Bonchev–Trinajstić information content (AvgIpc) is 2.68. The number of hydrogen-bond acceptors (Lipinski definition) is 5. The van der Waals surface area contributed by atoms with Crippen molar-refractivity contribution in [2.75, 3.05) is 0 Å². The molecule has 0 saturated heterocycles. The van der Waals surface area contributed by atoms with Crippen LogP contribution in [0.5, 0.6) is 0 Å². The van der Waals surface area contributed by atoms with Gasteiger partial charge >= 0.3 is 5.97 Å². The van der Waals surface area contributed by atoms with Gasteiger partial charge in [-0.05, 0) is 79.4 Å². The van der Waals surface area contributed by atoms with Gasteiger partial charge in [-0.1, -0.05) is 41.0 Å². The van der Waals surface area contributed by atoms with Crippen LogP contribution in [0.4, 0.5) is 0 Å². The van der Waals surface area contributed by atoms with Crippen LogP contribution in [0.3, 0.4) is 0 Å². The van der Waals surface area contributed by atoms with Crippen molar-refractivity contribution in [3.05, 3.63) is 0 Å². The first-order valence-electron chi connectivity index (χ1n) is 13.0. The second-order valence-corrected chi connectivity index (χ2v) is 13.4. The Balaban J connectivity index is 1.86. The molecule has 3 unspecified atom stereocenters. The quantitative estimate of drug-likeness (QED) is 0.475. The van der Waals surface area contributed by atoms with Gasteiger partial charge in [0.15, 0.2) is 0 Å². The number of esters is 1. The van der Waals surface area contributed by atoms with Crippen molar-refractivity contribution in [3.8, 4) is 0 Å². The Morgan fingerprint density at radius 2 is 1.55 bits per heavy atom. The molecule has 4 aliphatic rings. The van der Waals surface area contributed by atoms with Crippen LogP contribution in [0, 0.1) is 51.2 Å². The number of ether oxygens (including phenoxy) is 1. The third-order valence-electron chi connectivity index (χ3n) is 11.5. The highest BCUT2D eigenvalue weighted by atomic mass is 16.5. The summed E-state index contributed by atoms with van der Waals surface area (Å²) in [5.74, 6) is -0.907. The van der Waals surface area contributed by atoms with Crippen molar-refractivity contribution in [3.63, 3.8) is 0 Å². The van der Waals surface area contributed by atoms with Crippen molar-refractivity contribution >= 4 is 18.0 Å². The summed E-state index contributed by atoms with van der Waals surface area (Å²) in [6, 6.07) is 0. The topological polar surface area (TPSA) is 80.7 Å². The molecule has 5 heteroatoms. The monoisotopic (exact) mass is 460 g/mol. The molecule has 4 rings (SSSR count). The van der Waals surface area contributed by atoms with Crippen molar-refractivity contribution in [1.82, 2.24) is 0 Å². The van der Waals surface area contributed by atoms with Gasteiger partial charge in [0.05, 0.1) is 12.0 Å². The van der Waals surface area contributed by atoms with Crippen LogP contribution in [0.2, 0.25) is 0 Å². The molecule has 4 aliphatic carbocycles. The Kier molecular flexibility index (Phi) is 5.95. The largest absolute Gasteiger partial charge is 0.462 e. The minimum Gasteiger partial charge on any atom is -0.462 e. The van der Waals surface area contributed by atoms with E-state index in [1.54, 1.807) is 0 Å². The van der Waals surface area contributed by atoms with Gasteiger partial charge in [-0.2, -0.15) is 0 Å². The normalized spacial score (nSPS) is 50.8. The molecule has 0 radical (unpaired) electrons. The second kappa shape index (κ2) is 7.90. The zero-order valence-electron chi connectivity index (χ0n) is 21.6. The van der Waals surface area contributed by atoms with Crippen molar-refractivity contribution < 1.29 is 24.2 Å². The molecule has 0 amide bonds. The summed E-state index contributed by atoms with van der Waals surface area (Å²) in [6.07, 6.45) is 6.66.